The number of carbonyl (C=O) groups excluding carboxylic acids is 1. The normalized spacial score (nSPS) is 17.1. The predicted molar refractivity (Wildman–Crippen MR) is 114 cm³/mol. The highest BCUT2D eigenvalue weighted by Gasteiger charge is 2.35. The van der Waals surface area contributed by atoms with Gasteiger partial charge < -0.3 is 14.9 Å². The average Bonchev–Trinajstić information content (AvgIpc) is 3.25. The number of fused-ring (bicyclic) bond motifs is 1. The zero-order valence-electron chi connectivity index (χ0n) is 16.7. The molecule has 0 aliphatic carbocycles. The lowest BCUT2D eigenvalue weighted by molar-refractivity contribution is 0.0209. The number of anilines is 1. The molecule has 7 heteroatoms. The van der Waals surface area contributed by atoms with Crippen LogP contribution in [0.2, 0.25) is 5.15 Å². The van der Waals surface area contributed by atoms with E-state index in [1.165, 1.54) is 0 Å². The first-order valence-corrected chi connectivity index (χ1v) is 10.0. The van der Waals surface area contributed by atoms with Crippen molar-refractivity contribution >= 4 is 34.5 Å². The fourth-order valence-electron chi connectivity index (χ4n) is 3.64. The van der Waals surface area contributed by atoms with Gasteiger partial charge in [-0.3, -0.25) is 4.90 Å². The highest BCUT2D eigenvalue weighted by molar-refractivity contribution is 6.32. The fourth-order valence-corrected chi connectivity index (χ4v) is 3.89. The number of pyridine rings is 1. The number of amides is 1. The van der Waals surface area contributed by atoms with Gasteiger partial charge in [-0.15, -0.1) is 0 Å². The molecule has 2 N–H and O–H groups in total. The Balaban J connectivity index is 1.68. The van der Waals surface area contributed by atoms with Gasteiger partial charge in [0.2, 0.25) is 0 Å². The number of benzene rings is 1. The van der Waals surface area contributed by atoms with Gasteiger partial charge in [-0.1, -0.05) is 23.7 Å². The van der Waals surface area contributed by atoms with Gasteiger partial charge in [0.05, 0.1) is 6.04 Å². The summed E-state index contributed by atoms with van der Waals surface area (Å²) >= 11 is 6.43. The van der Waals surface area contributed by atoms with Crippen molar-refractivity contribution in [3.63, 3.8) is 0 Å². The van der Waals surface area contributed by atoms with Crippen LogP contribution in [0.25, 0.3) is 22.2 Å². The first-order valence-electron chi connectivity index (χ1n) is 9.67. The molecule has 0 spiro atoms. The van der Waals surface area contributed by atoms with Crippen LogP contribution < -0.4 is 5.73 Å². The van der Waals surface area contributed by atoms with Crippen molar-refractivity contribution in [3.05, 3.63) is 47.3 Å². The second-order valence-electron chi connectivity index (χ2n) is 8.32. The van der Waals surface area contributed by atoms with Gasteiger partial charge in [-0.25, -0.2) is 9.78 Å². The molecule has 4 rings (SSSR count). The summed E-state index contributed by atoms with van der Waals surface area (Å²) in [5.41, 5.74) is 8.92. The number of ether oxygens (including phenoxy) is 1. The molecule has 1 aliphatic rings. The Bertz CT molecular complexity index is 1070. The number of nitrogen functional groups attached to an aromatic ring is 1. The summed E-state index contributed by atoms with van der Waals surface area (Å²) < 4.78 is 11.7. The molecule has 0 saturated carbocycles. The molecule has 0 radical (unpaired) electrons. The molecule has 0 unspecified atom stereocenters. The molecule has 152 valence electrons. The van der Waals surface area contributed by atoms with E-state index in [0.29, 0.717) is 34.2 Å². The van der Waals surface area contributed by atoms with E-state index in [1.807, 2.05) is 57.2 Å². The van der Waals surface area contributed by atoms with Crippen LogP contribution in [0.3, 0.4) is 0 Å². The molecule has 3 heterocycles. The lowest BCUT2D eigenvalue weighted by atomic mass is 10.1. The van der Waals surface area contributed by atoms with Crippen molar-refractivity contribution in [2.75, 3.05) is 12.3 Å². The maximum atomic E-state index is 12.6. The Morgan fingerprint density at radius 1 is 1.31 bits per heavy atom. The number of aromatic nitrogens is 1. The predicted octanol–water partition coefficient (Wildman–Crippen LogP) is 5.80. The summed E-state index contributed by atoms with van der Waals surface area (Å²) in [5, 5.41) is 0.380. The Kier molecular flexibility index (Phi) is 4.90. The van der Waals surface area contributed by atoms with Crippen molar-refractivity contribution < 1.29 is 13.9 Å². The molecule has 1 fully saturated rings. The van der Waals surface area contributed by atoms with Crippen LogP contribution in [0.5, 0.6) is 0 Å². The summed E-state index contributed by atoms with van der Waals surface area (Å²) in [4.78, 5) is 18.8. The number of rotatable bonds is 2. The van der Waals surface area contributed by atoms with E-state index in [4.69, 9.17) is 26.5 Å². The third kappa shape index (κ3) is 4.03. The van der Waals surface area contributed by atoms with Crippen LogP contribution >= 0.6 is 11.6 Å². The number of likely N-dealkylation sites (tertiary alicyclic amines) is 1. The van der Waals surface area contributed by atoms with Gasteiger partial charge in [0.15, 0.2) is 5.58 Å². The third-order valence-corrected chi connectivity index (χ3v) is 5.17. The van der Waals surface area contributed by atoms with Gasteiger partial charge in [0.1, 0.15) is 22.0 Å². The highest BCUT2D eigenvalue weighted by atomic mass is 35.5. The zero-order valence-corrected chi connectivity index (χ0v) is 17.5. The van der Waals surface area contributed by atoms with Crippen molar-refractivity contribution in [2.45, 2.75) is 45.3 Å². The van der Waals surface area contributed by atoms with Crippen molar-refractivity contribution in [1.29, 1.82) is 0 Å². The Morgan fingerprint density at radius 3 is 2.83 bits per heavy atom. The quantitative estimate of drug-likeness (QED) is 0.424. The number of halogens is 1. The number of hydrogen-bond acceptors (Lipinski definition) is 5. The summed E-state index contributed by atoms with van der Waals surface area (Å²) in [7, 11) is 0. The maximum absolute atomic E-state index is 12.6. The first kappa shape index (κ1) is 19.6. The van der Waals surface area contributed by atoms with Gasteiger partial charge in [-0.2, -0.15) is 0 Å². The van der Waals surface area contributed by atoms with E-state index < -0.39 is 5.60 Å². The van der Waals surface area contributed by atoms with Gasteiger partial charge >= 0.3 is 6.09 Å². The number of furan rings is 1. The smallest absolute Gasteiger partial charge is 0.410 e. The minimum absolute atomic E-state index is 0.173. The van der Waals surface area contributed by atoms with Crippen molar-refractivity contribution in [3.8, 4) is 11.1 Å². The standard InChI is InChI=1S/C22H24ClN3O3/c1-22(2,3)29-21(27)26-9-5-8-17(26)19-12-16-18(28-19)11-15(20(23)25-16)13-6-4-7-14(24)10-13/h4,6-7,10-12,17H,5,8-9,24H2,1-3H3/t17-/m1/s1. The summed E-state index contributed by atoms with van der Waals surface area (Å²) in [6.45, 7) is 6.22. The molecule has 1 atom stereocenters. The molecule has 1 amide bonds. The Labute approximate surface area is 174 Å². The van der Waals surface area contributed by atoms with E-state index in [9.17, 15) is 4.79 Å². The number of carbonyl (C=O) groups is 1. The van der Waals surface area contributed by atoms with Gasteiger partial charge in [0, 0.05) is 23.9 Å². The maximum Gasteiger partial charge on any atom is 0.410 e. The van der Waals surface area contributed by atoms with Crippen molar-refractivity contribution in [1.82, 2.24) is 9.88 Å². The van der Waals surface area contributed by atoms with Crippen LogP contribution in [0.1, 0.15) is 45.4 Å². The van der Waals surface area contributed by atoms with Crippen LogP contribution in [-0.4, -0.2) is 28.1 Å². The zero-order chi connectivity index (χ0) is 20.8. The van der Waals surface area contributed by atoms with Crippen LogP contribution in [0.15, 0.2) is 40.8 Å². The van der Waals surface area contributed by atoms with Gasteiger partial charge in [0.25, 0.3) is 0 Å². The van der Waals surface area contributed by atoms with Crippen LogP contribution in [0.4, 0.5) is 10.5 Å². The van der Waals surface area contributed by atoms with E-state index in [2.05, 4.69) is 4.98 Å². The number of nitrogens with two attached hydrogens (primary N) is 1. The van der Waals surface area contributed by atoms with E-state index in [1.54, 1.807) is 4.90 Å². The van der Waals surface area contributed by atoms with Crippen LogP contribution in [-0.2, 0) is 4.74 Å². The number of hydrogen-bond donors (Lipinski definition) is 1. The average molecular weight is 414 g/mol. The molecule has 1 aromatic carbocycles. The van der Waals surface area contributed by atoms with E-state index in [0.717, 1.165) is 24.0 Å². The fraction of sp³-hybridized carbons (Fsp3) is 0.364. The SMILES string of the molecule is CC(C)(C)OC(=O)N1CCC[C@@H]1c1cc2nc(Cl)c(-c3cccc(N)c3)cc2o1. The van der Waals surface area contributed by atoms with Crippen LogP contribution in [0, 0.1) is 0 Å². The lowest BCUT2D eigenvalue weighted by Gasteiger charge is -2.27. The monoisotopic (exact) mass is 413 g/mol. The summed E-state index contributed by atoms with van der Waals surface area (Å²) in [6.07, 6.45) is 1.38. The molecule has 1 aliphatic heterocycles. The molecule has 1 saturated heterocycles. The Hall–Kier alpha value is -2.73. The molecule has 0 bridgehead atoms. The summed E-state index contributed by atoms with van der Waals surface area (Å²) in [5.74, 6) is 0.691. The highest BCUT2D eigenvalue weighted by Crippen LogP contribution is 2.38. The molecule has 2 aromatic heterocycles. The lowest BCUT2D eigenvalue weighted by Crippen LogP contribution is -2.36. The second kappa shape index (κ2) is 7.26. The molecule has 3 aromatic rings. The molecule has 29 heavy (non-hydrogen) atoms. The number of nitrogens with zero attached hydrogens (tertiary/aromatic N) is 2. The first-order chi connectivity index (χ1) is 13.7. The Morgan fingerprint density at radius 2 is 2.10 bits per heavy atom. The summed E-state index contributed by atoms with van der Waals surface area (Å²) in [6, 6.07) is 11.0. The van der Waals surface area contributed by atoms with Gasteiger partial charge in [-0.05, 0) is 57.4 Å². The second-order valence-corrected chi connectivity index (χ2v) is 8.67. The minimum Gasteiger partial charge on any atom is -0.457 e. The molecule has 6 nitrogen and oxygen atoms in total. The topological polar surface area (TPSA) is 81.6 Å². The minimum atomic E-state index is -0.542. The van der Waals surface area contributed by atoms with E-state index >= 15 is 0 Å². The molecular weight excluding hydrogens is 390 g/mol. The molecular formula is C22H24ClN3O3. The largest absolute Gasteiger partial charge is 0.457 e. The van der Waals surface area contributed by atoms with Crippen molar-refractivity contribution in [2.24, 2.45) is 0 Å². The van der Waals surface area contributed by atoms with E-state index in [-0.39, 0.29) is 12.1 Å². The third-order valence-electron chi connectivity index (χ3n) is 4.88.